The summed E-state index contributed by atoms with van der Waals surface area (Å²) in [7, 11) is 4.47. The number of rotatable bonds is 54. The van der Waals surface area contributed by atoms with Crippen LogP contribution in [-0.2, 0) is 23.9 Å². The lowest BCUT2D eigenvalue weighted by Crippen LogP contribution is -2.52. The highest BCUT2D eigenvalue weighted by Crippen LogP contribution is 2.13. The quantitative estimate of drug-likeness (QED) is 0.0173. The van der Waals surface area contributed by atoms with Crippen molar-refractivity contribution in [3.63, 3.8) is 0 Å². The molecule has 65 heavy (non-hydrogen) atoms. The number of nitrogens with zero attached hydrogens (tertiary/aromatic N) is 1. The lowest BCUT2D eigenvalue weighted by atomic mass is 10.1. The van der Waals surface area contributed by atoms with Gasteiger partial charge in [-0.2, -0.15) is 0 Å². The van der Waals surface area contributed by atoms with Crippen LogP contribution in [0.5, 0.6) is 0 Å². The lowest BCUT2D eigenvalue weighted by Gasteiger charge is -2.33. The molecule has 0 aromatic rings. The minimum absolute atomic E-state index is 0.0221. The molecule has 0 fully saturated rings. The Bertz CT molecular complexity index is 1080. The minimum Gasteiger partial charge on any atom is -0.379 e. The maximum atomic E-state index is 13.3. The van der Waals surface area contributed by atoms with Gasteiger partial charge in [-0.3, -0.25) is 4.79 Å². The summed E-state index contributed by atoms with van der Waals surface area (Å²) < 4.78 is 13.6. The summed E-state index contributed by atoms with van der Waals surface area (Å²) in [6, 6.07) is -0.217. The number of carbonyl (C=O) groups is 3. The van der Waals surface area contributed by atoms with Crippen LogP contribution in [0.2, 0.25) is 0 Å². The first-order valence-electron chi connectivity index (χ1n) is 27.2. The summed E-state index contributed by atoms with van der Waals surface area (Å²) in [5, 5.41) is 10.1. The Morgan fingerprint density at radius 1 is 0.523 bits per heavy atom. The van der Waals surface area contributed by atoms with Gasteiger partial charge in [0.15, 0.2) is 0 Å². The standard InChI is InChI=1S/C54H106N6O5/c1-60(2,45-44-59-54(63)53(58-43-37-40-56)38-35-41-57-42-36-39-55)50-52(65-49-34-30-26-22-18-14-10-6-4-8-12-16-20-24-28-32-47-62)51-64-48-33-29-25-21-17-13-9-5-3-7-11-15-19-23-27-31-46-61/h3-6,46-47,52-53,57-58H,7-45,48-51,55-56H2,1-2H3/p+1. The van der Waals surface area contributed by atoms with Gasteiger partial charge in [0.05, 0.1) is 39.8 Å². The molecule has 382 valence electrons. The molecule has 0 rings (SSSR count). The van der Waals surface area contributed by atoms with Crippen LogP contribution in [0.15, 0.2) is 24.3 Å². The zero-order valence-electron chi connectivity index (χ0n) is 42.7. The normalized spacial score (nSPS) is 13.0. The largest absolute Gasteiger partial charge is 0.379 e. The second kappa shape index (κ2) is 51.4. The van der Waals surface area contributed by atoms with Crippen molar-refractivity contribution in [3.8, 4) is 0 Å². The number of unbranched alkanes of at least 4 members (excludes halogenated alkanes) is 24. The summed E-state index contributed by atoms with van der Waals surface area (Å²) in [6.07, 6.45) is 48.1. The molecule has 0 aliphatic heterocycles. The van der Waals surface area contributed by atoms with Crippen molar-refractivity contribution < 1.29 is 28.3 Å². The van der Waals surface area contributed by atoms with Crippen molar-refractivity contribution >= 4 is 18.5 Å². The van der Waals surface area contributed by atoms with Crippen LogP contribution in [0.1, 0.15) is 205 Å². The van der Waals surface area contributed by atoms with Crippen LogP contribution < -0.4 is 27.4 Å². The van der Waals surface area contributed by atoms with E-state index in [1.165, 1.54) is 141 Å². The van der Waals surface area contributed by atoms with Crippen molar-refractivity contribution in [3.05, 3.63) is 24.3 Å². The number of allylic oxidation sites excluding steroid dienone is 4. The van der Waals surface area contributed by atoms with Gasteiger partial charge >= 0.3 is 0 Å². The van der Waals surface area contributed by atoms with Crippen molar-refractivity contribution in [1.29, 1.82) is 0 Å². The van der Waals surface area contributed by atoms with E-state index < -0.39 is 0 Å². The molecule has 0 bridgehead atoms. The number of nitrogens with two attached hydrogens (primary N) is 2. The predicted molar refractivity (Wildman–Crippen MR) is 276 cm³/mol. The van der Waals surface area contributed by atoms with Crippen molar-refractivity contribution in [2.45, 2.75) is 218 Å². The van der Waals surface area contributed by atoms with E-state index in [9.17, 15) is 14.4 Å². The molecule has 0 saturated heterocycles. The summed E-state index contributed by atoms with van der Waals surface area (Å²) >= 11 is 0. The fourth-order valence-corrected chi connectivity index (χ4v) is 8.11. The number of hydrogen-bond acceptors (Lipinski definition) is 9. The molecule has 2 atom stereocenters. The van der Waals surface area contributed by atoms with Gasteiger partial charge in [-0.05, 0) is 135 Å². The molecule has 7 N–H and O–H groups in total. The molecule has 0 aromatic heterocycles. The second-order valence-corrected chi connectivity index (χ2v) is 19.2. The molecular formula is C54H107N6O5+. The van der Waals surface area contributed by atoms with Crippen molar-refractivity contribution in [1.82, 2.24) is 16.0 Å². The van der Waals surface area contributed by atoms with E-state index in [4.69, 9.17) is 20.9 Å². The van der Waals surface area contributed by atoms with Crippen LogP contribution in [0.3, 0.4) is 0 Å². The van der Waals surface area contributed by atoms with Crippen LogP contribution in [0.4, 0.5) is 0 Å². The highest BCUT2D eigenvalue weighted by atomic mass is 16.5. The number of hydrogen-bond donors (Lipinski definition) is 5. The molecule has 0 spiro atoms. The monoisotopic (exact) mass is 920 g/mol. The SMILES string of the molecule is C[N+](C)(CCNC(=O)C(CCCNCCCN)NCCCN)CC(COCCCCCCCCC=CCCCCCCCC=O)OCCCCCCCCC=CCCCCCCCC=O. The molecule has 11 heteroatoms. The van der Waals surface area contributed by atoms with Crippen LogP contribution in [-0.4, -0.2) is 121 Å². The maximum Gasteiger partial charge on any atom is 0.237 e. The van der Waals surface area contributed by atoms with Gasteiger partial charge < -0.3 is 51.0 Å². The smallest absolute Gasteiger partial charge is 0.237 e. The number of carbonyl (C=O) groups excluding carboxylic acids is 3. The van der Waals surface area contributed by atoms with E-state index in [2.05, 4.69) is 54.3 Å². The van der Waals surface area contributed by atoms with Gasteiger partial charge in [0, 0.05) is 26.1 Å². The molecule has 0 aromatic carbocycles. The first kappa shape index (κ1) is 63.0. The minimum atomic E-state index is -0.217. The summed E-state index contributed by atoms with van der Waals surface area (Å²) in [5.41, 5.74) is 11.4. The Hall–Kier alpha value is -1.99. The van der Waals surface area contributed by atoms with Crippen molar-refractivity contribution in [2.24, 2.45) is 11.5 Å². The average molecular weight is 920 g/mol. The third kappa shape index (κ3) is 48.3. The summed E-state index contributed by atoms with van der Waals surface area (Å²) in [4.78, 5) is 34.1. The summed E-state index contributed by atoms with van der Waals surface area (Å²) in [5.74, 6) is 0.0699. The van der Waals surface area contributed by atoms with Gasteiger partial charge in [-0.15, -0.1) is 0 Å². The Kier molecular flexibility index (Phi) is 49.8. The molecular weight excluding hydrogens is 813 g/mol. The lowest BCUT2D eigenvalue weighted by molar-refractivity contribution is -0.892. The topological polar surface area (TPSA) is 158 Å². The first-order chi connectivity index (χ1) is 31.9. The second-order valence-electron chi connectivity index (χ2n) is 19.2. The number of nitrogens with one attached hydrogen (secondary N) is 3. The Balaban J connectivity index is 4.63. The first-order valence-corrected chi connectivity index (χ1v) is 27.2. The van der Waals surface area contributed by atoms with Gasteiger partial charge in [0.1, 0.15) is 25.2 Å². The Morgan fingerprint density at radius 3 is 1.45 bits per heavy atom. The van der Waals surface area contributed by atoms with Gasteiger partial charge in [-0.1, -0.05) is 114 Å². The molecule has 0 aliphatic carbocycles. The summed E-state index contributed by atoms with van der Waals surface area (Å²) in [6.45, 7) is 8.27. The van der Waals surface area contributed by atoms with E-state index in [1.54, 1.807) is 0 Å². The molecule has 11 nitrogen and oxygen atoms in total. The van der Waals surface area contributed by atoms with Crippen LogP contribution >= 0.6 is 0 Å². The van der Waals surface area contributed by atoms with E-state index in [0.717, 1.165) is 114 Å². The number of likely N-dealkylation sites (N-methyl/N-ethyl adjacent to an activating group) is 1. The Morgan fingerprint density at radius 2 is 0.954 bits per heavy atom. The zero-order valence-corrected chi connectivity index (χ0v) is 42.7. The highest BCUT2D eigenvalue weighted by Gasteiger charge is 2.24. The van der Waals surface area contributed by atoms with E-state index >= 15 is 0 Å². The molecule has 1 amide bonds. The Labute approximate surface area is 401 Å². The van der Waals surface area contributed by atoms with Gasteiger partial charge in [0.2, 0.25) is 5.91 Å². The number of quaternary nitrogens is 1. The number of aldehydes is 2. The fraction of sp³-hybridized carbons (Fsp3) is 0.870. The van der Waals surface area contributed by atoms with Gasteiger partial charge in [-0.25, -0.2) is 0 Å². The molecule has 0 saturated carbocycles. The number of ether oxygens (including phenoxy) is 2. The van der Waals surface area contributed by atoms with E-state index in [1.807, 2.05) is 0 Å². The third-order valence-corrected chi connectivity index (χ3v) is 12.3. The maximum absolute atomic E-state index is 13.3. The fourth-order valence-electron chi connectivity index (χ4n) is 8.11. The average Bonchev–Trinajstić information content (AvgIpc) is 3.29. The van der Waals surface area contributed by atoms with E-state index in [0.29, 0.717) is 39.1 Å². The molecule has 0 radical (unpaired) electrons. The van der Waals surface area contributed by atoms with Gasteiger partial charge in [0.25, 0.3) is 0 Å². The zero-order chi connectivity index (χ0) is 47.4. The molecule has 2 unspecified atom stereocenters. The predicted octanol–water partition coefficient (Wildman–Crippen LogP) is 10.0. The highest BCUT2D eigenvalue weighted by molar-refractivity contribution is 5.81. The molecule has 0 aliphatic rings. The van der Waals surface area contributed by atoms with Crippen LogP contribution in [0, 0.1) is 0 Å². The van der Waals surface area contributed by atoms with E-state index in [-0.39, 0.29) is 18.1 Å². The third-order valence-electron chi connectivity index (χ3n) is 12.3. The van der Waals surface area contributed by atoms with Crippen molar-refractivity contribution in [2.75, 3.05) is 86.3 Å². The number of amides is 1. The van der Waals surface area contributed by atoms with Crippen LogP contribution in [0.25, 0.3) is 0 Å². The molecule has 0 heterocycles.